The molecule has 0 bridgehead atoms. The molecule has 0 heterocycles. The molecule has 0 radical (unpaired) electrons. The van der Waals surface area contributed by atoms with E-state index < -0.39 is 52.9 Å². The van der Waals surface area contributed by atoms with Crippen molar-refractivity contribution in [1.82, 2.24) is 0 Å². The van der Waals surface area contributed by atoms with Gasteiger partial charge in [-0.2, -0.15) is 8.78 Å². The van der Waals surface area contributed by atoms with Crippen molar-refractivity contribution >= 4 is 11.9 Å². The number of ether oxygens (including phenoxy) is 2. The Morgan fingerprint density at radius 3 is 1.80 bits per heavy atom. The second kappa shape index (κ2) is 7.29. The summed E-state index contributed by atoms with van der Waals surface area (Å²) in [6.07, 6.45) is -1.76. The van der Waals surface area contributed by atoms with E-state index in [4.69, 9.17) is 4.74 Å². The van der Waals surface area contributed by atoms with Crippen molar-refractivity contribution in [2.75, 3.05) is 0 Å². The third-order valence-corrected chi connectivity index (χ3v) is 2.97. The molecule has 0 unspecified atom stereocenters. The zero-order chi connectivity index (χ0) is 18.7. The predicted molar refractivity (Wildman–Crippen MR) is 72.8 cm³/mol. The van der Waals surface area contributed by atoms with Crippen LogP contribution in [0, 0.1) is 29.1 Å². The van der Waals surface area contributed by atoms with Crippen LogP contribution in [0.2, 0.25) is 0 Å². The van der Waals surface area contributed by atoms with Gasteiger partial charge in [0.15, 0.2) is 0 Å². The van der Waals surface area contributed by atoms with Crippen LogP contribution in [-0.2, 0) is 14.3 Å². The van der Waals surface area contributed by atoms with E-state index in [1.54, 1.807) is 6.07 Å². The largest absolute Gasteiger partial charge is 0.446 e. The minimum atomic E-state index is -2.39. The van der Waals surface area contributed by atoms with Crippen molar-refractivity contribution in [2.24, 2.45) is 0 Å². The lowest BCUT2D eigenvalue weighted by molar-refractivity contribution is -0.161. The van der Waals surface area contributed by atoms with Gasteiger partial charge in [0, 0.05) is 12.5 Å². The molecule has 0 spiro atoms. The minimum Gasteiger partial charge on any atom is -0.446 e. The predicted octanol–water partition coefficient (Wildman–Crippen LogP) is 3.59. The van der Waals surface area contributed by atoms with Crippen molar-refractivity contribution in [1.29, 1.82) is 0 Å². The number of esters is 2. The number of carbonyl (C=O) groups is 2. The number of benzene rings is 2. The fourth-order valence-corrected chi connectivity index (χ4v) is 1.87. The smallest absolute Gasteiger partial charge is 0.357 e. The maximum absolute atomic E-state index is 13.6. The Balaban J connectivity index is 2.41. The average molecular weight is 360 g/mol. The van der Waals surface area contributed by atoms with Gasteiger partial charge in [-0.3, -0.25) is 4.79 Å². The van der Waals surface area contributed by atoms with Crippen molar-refractivity contribution < 1.29 is 41.0 Å². The molecule has 2 aromatic carbocycles. The fourth-order valence-electron chi connectivity index (χ4n) is 1.87. The Morgan fingerprint density at radius 2 is 1.32 bits per heavy atom. The summed E-state index contributed by atoms with van der Waals surface area (Å²) >= 11 is 0. The zero-order valence-corrected chi connectivity index (χ0v) is 12.5. The Morgan fingerprint density at radius 1 is 0.840 bits per heavy atom. The normalized spacial score (nSPS) is 11.8. The highest BCUT2D eigenvalue weighted by Gasteiger charge is 2.32. The lowest BCUT2D eigenvalue weighted by Gasteiger charge is -2.17. The van der Waals surface area contributed by atoms with E-state index in [9.17, 15) is 31.5 Å². The second-order valence-electron chi connectivity index (χ2n) is 4.72. The van der Waals surface area contributed by atoms with Crippen LogP contribution >= 0.6 is 0 Å². The first-order valence-corrected chi connectivity index (χ1v) is 6.69. The van der Waals surface area contributed by atoms with Crippen LogP contribution < -0.4 is 4.74 Å². The molecule has 4 nitrogen and oxygen atoms in total. The molecule has 0 saturated heterocycles. The van der Waals surface area contributed by atoms with Gasteiger partial charge in [-0.1, -0.05) is 30.3 Å². The molecule has 0 aliphatic carbocycles. The van der Waals surface area contributed by atoms with E-state index in [0.717, 1.165) is 6.92 Å². The summed E-state index contributed by atoms with van der Waals surface area (Å²) in [5.74, 6) is -15.8. The molecule has 0 amide bonds. The molecule has 0 fully saturated rings. The molecule has 2 rings (SSSR count). The number of rotatable bonds is 4. The van der Waals surface area contributed by atoms with E-state index in [0.29, 0.717) is 0 Å². The highest BCUT2D eigenvalue weighted by molar-refractivity contribution is 5.82. The highest BCUT2D eigenvalue weighted by Crippen LogP contribution is 2.31. The molecule has 25 heavy (non-hydrogen) atoms. The lowest BCUT2D eigenvalue weighted by atomic mass is 10.1. The van der Waals surface area contributed by atoms with Gasteiger partial charge in [-0.25, -0.2) is 18.0 Å². The molecule has 0 saturated carbocycles. The summed E-state index contributed by atoms with van der Waals surface area (Å²) in [6.45, 7) is 0.960. The molecule has 1 atom stereocenters. The van der Waals surface area contributed by atoms with Gasteiger partial charge >= 0.3 is 11.9 Å². The van der Waals surface area contributed by atoms with Gasteiger partial charge in [-0.05, 0) is 0 Å². The van der Waals surface area contributed by atoms with Crippen molar-refractivity contribution in [3.63, 3.8) is 0 Å². The highest BCUT2D eigenvalue weighted by atomic mass is 19.2. The summed E-state index contributed by atoms with van der Waals surface area (Å²) < 4.78 is 75.5. The maximum atomic E-state index is 13.6. The molecule has 9 heteroatoms. The van der Waals surface area contributed by atoms with Crippen LogP contribution in [0.15, 0.2) is 30.3 Å². The average Bonchev–Trinajstić information content (AvgIpc) is 2.60. The summed E-state index contributed by atoms with van der Waals surface area (Å²) in [7, 11) is 0. The van der Waals surface area contributed by atoms with Gasteiger partial charge in [0.1, 0.15) is 0 Å². The number of hydrogen-bond acceptors (Lipinski definition) is 4. The van der Waals surface area contributed by atoms with E-state index in [-0.39, 0.29) is 5.56 Å². The number of carbonyl (C=O) groups excluding carboxylic acids is 2. The standard InChI is InChI=1S/C16H9F5O4/c1-7(22)24-14(8-5-3-2-4-6-8)16(23)25-15-12(20)10(18)9(17)11(19)13(15)21/h2-6,14H,1H3/t14-/m1/s1. The molecule has 132 valence electrons. The summed E-state index contributed by atoms with van der Waals surface area (Å²) in [5.41, 5.74) is 0.0755. The first-order chi connectivity index (χ1) is 11.7. The zero-order valence-electron chi connectivity index (χ0n) is 12.5. The van der Waals surface area contributed by atoms with Crippen LogP contribution in [0.3, 0.4) is 0 Å². The van der Waals surface area contributed by atoms with E-state index in [1.807, 2.05) is 0 Å². The van der Waals surface area contributed by atoms with Gasteiger partial charge in [0.05, 0.1) is 0 Å². The van der Waals surface area contributed by atoms with Crippen LogP contribution in [-0.4, -0.2) is 11.9 Å². The summed E-state index contributed by atoms with van der Waals surface area (Å²) in [5, 5.41) is 0. The number of halogens is 5. The van der Waals surface area contributed by atoms with E-state index in [2.05, 4.69) is 4.74 Å². The van der Waals surface area contributed by atoms with Gasteiger partial charge < -0.3 is 9.47 Å². The van der Waals surface area contributed by atoms with Gasteiger partial charge in [-0.15, -0.1) is 0 Å². The Labute approximate surface area is 137 Å². The van der Waals surface area contributed by atoms with E-state index >= 15 is 0 Å². The summed E-state index contributed by atoms with van der Waals surface area (Å²) in [4.78, 5) is 23.2. The molecule has 2 aromatic rings. The third-order valence-electron chi connectivity index (χ3n) is 2.97. The Kier molecular flexibility index (Phi) is 5.35. The van der Waals surface area contributed by atoms with Crippen molar-refractivity contribution in [3.8, 4) is 5.75 Å². The summed E-state index contributed by atoms with van der Waals surface area (Å²) in [6, 6.07) is 7.19. The minimum absolute atomic E-state index is 0.0755. The van der Waals surface area contributed by atoms with Gasteiger partial charge in [0.25, 0.3) is 0 Å². The first-order valence-electron chi connectivity index (χ1n) is 6.69. The second-order valence-corrected chi connectivity index (χ2v) is 4.72. The van der Waals surface area contributed by atoms with Crippen LogP contribution in [0.5, 0.6) is 5.75 Å². The SMILES string of the molecule is CC(=O)O[C@@H](C(=O)Oc1c(F)c(F)c(F)c(F)c1F)c1ccccc1. The van der Waals surface area contributed by atoms with Crippen molar-refractivity contribution in [3.05, 3.63) is 65.0 Å². The van der Waals surface area contributed by atoms with Crippen LogP contribution in [0.1, 0.15) is 18.6 Å². The molecule has 0 aromatic heterocycles. The monoisotopic (exact) mass is 360 g/mol. The third kappa shape index (κ3) is 3.76. The maximum Gasteiger partial charge on any atom is 0.357 e. The molecular weight excluding hydrogens is 351 g/mol. The Bertz CT molecular complexity index is 794. The quantitative estimate of drug-likeness (QED) is 0.275. The van der Waals surface area contributed by atoms with Gasteiger partial charge in [0.2, 0.25) is 40.9 Å². The molecule has 0 aliphatic rings. The molecule has 0 aliphatic heterocycles. The molecular formula is C16H9F5O4. The van der Waals surface area contributed by atoms with Crippen LogP contribution in [0.25, 0.3) is 0 Å². The van der Waals surface area contributed by atoms with Crippen LogP contribution in [0.4, 0.5) is 22.0 Å². The Hall–Kier alpha value is -2.97. The number of hydrogen-bond donors (Lipinski definition) is 0. The first kappa shape index (κ1) is 18.4. The fraction of sp³-hybridized carbons (Fsp3) is 0.125. The topological polar surface area (TPSA) is 52.6 Å². The van der Waals surface area contributed by atoms with E-state index in [1.165, 1.54) is 24.3 Å². The van der Waals surface area contributed by atoms with Crippen molar-refractivity contribution in [2.45, 2.75) is 13.0 Å². The molecule has 0 N–H and O–H groups in total. The lowest BCUT2D eigenvalue weighted by Crippen LogP contribution is -2.24.